The van der Waals surface area contributed by atoms with E-state index < -0.39 is 23.0 Å². The fourth-order valence-electron chi connectivity index (χ4n) is 0.589. The van der Waals surface area contributed by atoms with Gasteiger partial charge in [-0.1, -0.05) is 0 Å². The highest BCUT2D eigenvalue weighted by Crippen LogP contribution is 2.09. The van der Waals surface area contributed by atoms with Crippen LogP contribution in [-0.2, 0) is 0 Å². The van der Waals surface area contributed by atoms with Crippen molar-refractivity contribution >= 4 is 17.6 Å². The second-order valence-electron chi connectivity index (χ2n) is 1.86. The lowest BCUT2D eigenvalue weighted by Crippen LogP contribution is -2.13. The molecule has 7 heteroatoms. The maximum absolute atomic E-state index is 10.7. The number of hydrogen-bond acceptors (Lipinski definition) is 4. The van der Waals surface area contributed by atoms with E-state index in [4.69, 9.17) is 21.8 Å². The van der Waals surface area contributed by atoms with Crippen LogP contribution in [-0.4, -0.2) is 26.2 Å². The van der Waals surface area contributed by atoms with E-state index in [-0.39, 0.29) is 5.28 Å². The Kier molecular flexibility index (Phi) is 2.01. The molecule has 0 radical (unpaired) electrons. The van der Waals surface area contributed by atoms with Crippen molar-refractivity contribution in [2.24, 2.45) is 0 Å². The zero-order valence-electron chi connectivity index (χ0n) is 5.54. The molecule has 0 aliphatic heterocycles. The van der Waals surface area contributed by atoms with Crippen LogP contribution in [0.2, 0.25) is 5.28 Å². The molecule has 0 atom stereocenters. The van der Waals surface area contributed by atoms with E-state index in [1.807, 2.05) is 4.98 Å². The highest BCUT2D eigenvalue weighted by Gasteiger charge is 2.15. The standard InChI is InChI=1S/C5H3ClN2O4/c6-5-7-1(4(11)12)2(9)3(10)8-5/h9H,(H,11,12)(H,7,8,10). The van der Waals surface area contributed by atoms with Gasteiger partial charge in [-0.25, -0.2) is 9.78 Å². The molecule has 0 amide bonds. The van der Waals surface area contributed by atoms with Crippen LogP contribution in [0.4, 0.5) is 0 Å². The summed E-state index contributed by atoms with van der Waals surface area (Å²) in [6, 6.07) is 0. The van der Waals surface area contributed by atoms with Gasteiger partial charge in [-0.3, -0.25) is 9.78 Å². The molecule has 12 heavy (non-hydrogen) atoms. The van der Waals surface area contributed by atoms with Gasteiger partial charge in [-0.2, -0.15) is 0 Å². The van der Waals surface area contributed by atoms with Crippen LogP contribution in [0.15, 0.2) is 4.79 Å². The number of aromatic carboxylic acids is 1. The van der Waals surface area contributed by atoms with Crippen molar-refractivity contribution in [2.45, 2.75) is 0 Å². The Hall–Kier alpha value is -1.56. The van der Waals surface area contributed by atoms with Crippen molar-refractivity contribution in [3.8, 4) is 5.75 Å². The number of hydrogen-bond donors (Lipinski definition) is 3. The van der Waals surface area contributed by atoms with Gasteiger partial charge < -0.3 is 10.2 Å². The van der Waals surface area contributed by atoms with E-state index in [0.29, 0.717) is 0 Å². The first-order valence-corrected chi connectivity index (χ1v) is 3.12. The van der Waals surface area contributed by atoms with E-state index in [0.717, 1.165) is 0 Å². The average Bonchev–Trinajstić information content (AvgIpc) is 1.96. The summed E-state index contributed by atoms with van der Waals surface area (Å²) in [5.41, 5.74) is -1.74. The lowest BCUT2D eigenvalue weighted by molar-refractivity contribution is 0.0686. The Morgan fingerprint density at radius 3 is 2.67 bits per heavy atom. The lowest BCUT2D eigenvalue weighted by atomic mass is 10.4. The monoisotopic (exact) mass is 190 g/mol. The molecule has 0 aliphatic carbocycles. The second kappa shape index (κ2) is 2.82. The van der Waals surface area contributed by atoms with Crippen LogP contribution >= 0.6 is 11.6 Å². The molecule has 1 aromatic heterocycles. The molecule has 0 bridgehead atoms. The topological polar surface area (TPSA) is 103 Å². The van der Waals surface area contributed by atoms with E-state index in [9.17, 15) is 9.59 Å². The van der Waals surface area contributed by atoms with Crippen LogP contribution in [0.5, 0.6) is 5.75 Å². The maximum Gasteiger partial charge on any atom is 0.358 e. The number of aromatic nitrogens is 2. The first-order valence-electron chi connectivity index (χ1n) is 2.74. The molecule has 64 valence electrons. The number of carboxylic acid groups (broad SMARTS) is 1. The molecule has 0 aromatic carbocycles. The quantitative estimate of drug-likeness (QED) is 0.534. The number of nitrogens with zero attached hydrogens (tertiary/aromatic N) is 1. The number of carboxylic acids is 1. The van der Waals surface area contributed by atoms with Gasteiger partial charge in [0, 0.05) is 0 Å². The summed E-state index contributed by atoms with van der Waals surface area (Å²) in [6.45, 7) is 0. The van der Waals surface area contributed by atoms with E-state index >= 15 is 0 Å². The highest BCUT2D eigenvalue weighted by atomic mass is 35.5. The molecule has 0 fully saturated rings. The second-order valence-corrected chi connectivity index (χ2v) is 2.22. The number of aromatic hydroxyl groups is 1. The fraction of sp³-hybridized carbons (Fsp3) is 0. The number of carbonyl (C=O) groups is 1. The van der Waals surface area contributed by atoms with Crippen LogP contribution < -0.4 is 5.56 Å². The van der Waals surface area contributed by atoms with Crippen molar-refractivity contribution < 1.29 is 15.0 Å². The summed E-state index contributed by atoms with van der Waals surface area (Å²) in [6.07, 6.45) is 0. The Morgan fingerprint density at radius 2 is 2.17 bits per heavy atom. The van der Waals surface area contributed by atoms with Crippen molar-refractivity contribution in [1.29, 1.82) is 0 Å². The van der Waals surface area contributed by atoms with E-state index in [1.165, 1.54) is 0 Å². The SMILES string of the molecule is O=C(O)c1nc(Cl)[nH]c(=O)c1O. The summed E-state index contributed by atoms with van der Waals surface area (Å²) in [5, 5.41) is 16.8. The van der Waals surface area contributed by atoms with Gasteiger partial charge >= 0.3 is 5.97 Å². The molecule has 0 unspecified atom stereocenters. The van der Waals surface area contributed by atoms with Crippen LogP contribution in [0, 0.1) is 0 Å². The molecule has 0 saturated heterocycles. The zero-order chi connectivity index (χ0) is 9.30. The van der Waals surface area contributed by atoms with Gasteiger partial charge in [0.15, 0.2) is 5.69 Å². The highest BCUT2D eigenvalue weighted by molar-refractivity contribution is 6.28. The van der Waals surface area contributed by atoms with Crippen LogP contribution in [0.25, 0.3) is 0 Å². The number of halogens is 1. The molecule has 0 aliphatic rings. The zero-order valence-corrected chi connectivity index (χ0v) is 6.29. The summed E-state index contributed by atoms with van der Waals surface area (Å²) >= 11 is 5.23. The minimum Gasteiger partial charge on any atom is -0.501 e. The van der Waals surface area contributed by atoms with Gasteiger partial charge in [0.1, 0.15) is 0 Å². The molecule has 1 rings (SSSR count). The third-order valence-corrected chi connectivity index (χ3v) is 1.25. The predicted molar refractivity (Wildman–Crippen MR) is 38.5 cm³/mol. The Bertz CT molecular complexity index is 386. The first kappa shape index (κ1) is 8.54. The minimum atomic E-state index is -1.51. The van der Waals surface area contributed by atoms with Crippen molar-refractivity contribution in [3.63, 3.8) is 0 Å². The molecule has 3 N–H and O–H groups in total. The Morgan fingerprint density at radius 1 is 1.58 bits per heavy atom. The fourth-order valence-corrected chi connectivity index (χ4v) is 0.759. The number of rotatable bonds is 1. The lowest BCUT2D eigenvalue weighted by Gasteiger charge is -1.96. The van der Waals surface area contributed by atoms with Gasteiger partial charge in [0.2, 0.25) is 11.0 Å². The third-order valence-electron chi connectivity index (χ3n) is 1.07. The molecule has 0 saturated carbocycles. The Balaban J connectivity index is 3.48. The van der Waals surface area contributed by atoms with Crippen molar-refractivity contribution in [3.05, 3.63) is 21.3 Å². The largest absolute Gasteiger partial charge is 0.501 e. The predicted octanol–water partition coefficient (Wildman–Crippen LogP) is -0.173. The number of aromatic amines is 1. The third kappa shape index (κ3) is 1.37. The van der Waals surface area contributed by atoms with Gasteiger partial charge in [0.05, 0.1) is 0 Å². The van der Waals surface area contributed by atoms with Crippen molar-refractivity contribution in [1.82, 2.24) is 9.97 Å². The van der Waals surface area contributed by atoms with Crippen LogP contribution in [0.3, 0.4) is 0 Å². The van der Waals surface area contributed by atoms with Gasteiger partial charge in [0.25, 0.3) is 5.56 Å². The average molecular weight is 191 g/mol. The molecule has 6 nitrogen and oxygen atoms in total. The first-order chi connectivity index (χ1) is 5.52. The molecule has 1 heterocycles. The summed E-state index contributed by atoms with van der Waals surface area (Å²) < 4.78 is 0. The molecule has 1 aromatic rings. The summed E-state index contributed by atoms with van der Waals surface area (Å²) in [7, 11) is 0. The van der Waals surface area contributed by atoms with Crippen molar-refractivity contribution in [2.75, 3.05) is 0 Å². The molecular weight excluding hydrogens is 188 g/mol. The minimum absolute atomic E-state index is 0.379. The normalized spacial score (nSPS) is 9.75. The summed E-state index contributed by atoms with van der Waals surface area (Å²) in [4.78, 5) is 26.1. The van der Waals surface area contributed by atoms with E-state index in [2.05, 4.69) is 4.98 Å². The van der Waals surface area contributed by atoms with Crippen LogP contribution in [0.1, 0.15) is 10.5 Å². The smallest absolute Gasteiger partial charge is 0.358 e. The maximum atomic E-state index is 10.7. The Labute approximate surface area is 70.5 Å². The van der Waals surface area contributed by atoms with Gasteiger partial charge in [-0.05, 0) is 11.6 Å². The number of H-pyrrole nitrogens is 1. The number of nitrogens with one attached hydrogen (secondary N) is 1. The molecular formula is C5H3ClN2O4. The molecule has 0 spiro atoms. The summed E-state index contributed by atoms with van der Waals surface area (Å²) in [5.74, 6) is -2.47. The van der Waals surface area contributed by atoms with E-state index in [1.54, 1.807) is 0 Å². The van der Waals surface area contributed by atoms with Gasteiger partial charge in [-0.15, -0.1) is 0 Å².